The maximum atomic E-state index is 9.10. The average Bonchev–Trinajstić information content (AvgIpc) is 2.32. The first kappa shape index (κ1) is 11.0. The van der Waals surface area contributed by atoms with Gasteiger partial charge in [-0.3, -0.25) is 0 Å². The molecule has 0 heterocycles. The minimum Gasteiger partial charge on any atom is -0.393 e. The van der Waals surface area contributed by atoms with Crippen LogP contribution in [0.25, 0.3) is 0 Å². The van der Waals surface area contributed by atoms with E-state index in [-0.39, 0.29) is 6.10 Å². The van der Waals surface area contributed by atoms with Gasteiger partial charge in [0.1, 0.15) is 0 Å². The monoisotopic (exact) mass is 185 g/mol. The molecule has 0 amide bonds. The van der Waals surface area contributed by atoms with Crippen LogP contribution in [0.2, 0.25) is 0 Å². The van der Waals surface area contributed by atoms with E-state index in [0.29, 0.717) is 0 Å². The fourth-order valence-electron chi connectivity index (χ4n) is 1.98. The largest absolute Gasteiger partial charge is 0.393 e. The molecule has 2 heteroatoms. The first-order valence-corrected chi connectivity index (χ1v) is 5.70. The molecule has 0 unspecified atom stereocenters. The summed E-state index contributed by atoms with van der Waals surface area (Å²) in [6.45, 7) is 2.83. The number of aliphatic hydroxyl groups excluding tert-OH is 1. The van der Waals surface area contributed by atoms with E-state index in [1.54, 1.807) is 0 Å². The molecule has 1 rings (SSSR count). The molecular weight excluding hydrogens is 162 g/mol. The smallest absolute Gasteiger partial charge is 0.0524 e. The van der Waals surface area contributed by atoms with Crippen LogP contribution >= 0.6 is 0 Å². The Morgan fingerprint density at radius 2 is 1.85 bits per heavy atom. The molecule has 0 saturated heterocycles. The van der Waals surface area contributed by atoms with Crippen molar-refractivity contribution >= 4 is 0 Å². The third-order valence-corrected chi connectivity index (χ3v) is 2.85. The Morgan fingerprint density at radius 1 is 1.23 bits per heavy atom. The lowest BCUT2D eigenvalue weighted by atomic mass is 10.1. The summed E-state index contributed by atoms with van der Waals surface area (Å²) in [6, 6.07) is 0.723. The maximum absolute atomic E-state index is 9.10. The Labute approximate surface area is 81.7 Å². The zero-order valence-electron chi connectivity index (χ0n) is 8.76. The first-order valence-electron chi connectivity index (χ1n) is 5.70. The lowest BCUT2D eigenvalue weighted by molar-refractivity contribution is 0.181. The van der Waals surface area contributed by atoms with Crippen LogP contribution in [0.3, 0.4) is 0 Å². The van der Waals surface area contributed by atoms with Crippen molar-refractivity contribution in [1.29, 1.82) is 0 Å². The van der Waals surface area contributed by atoms with E-state index < -0.39 is 0 Å². The van der Waals surface area contributed by atoms with Crippen molar-refractivity contribution in [3.63, 3.8) is 0 Å². The Hall–Kier alpha value is -0.0800. The van der Waals surface area contributed by atoms with E-state index in [1.165, 1.54) is 38.5 Å². The van der Waals surface area contributed by atoms with Gasteiger partial charge in [-0.25, -0.2) is 0 Å². The van der Waals surface area contributed by atoms with Crippen molar-refractivity contribution in [3.8, 4) is 0 Å². The van der Waals surface area contributed by atoms with Crippen LogP contribution in [0.1, 0.15) is 51.9 Å². The molecule has 1 saturated carbocycles. The Balaban J connectivity index is 2.05. The average molecular weight is 185 g/mol. The molecule has 0 bridgehead atoms. The van der Waals surface area contributed by atoms with Gasteiger partial charge in [0.2, 0.25) is 0 Å². The third-order valence-electron chi connectivity index (χ3n) is 2.85. The van der Waals surface area contributed by atoms with Crippen molar-refractivity contribution < 1.29 is 5.11 Å². The standard InChI is InChI=1S/C11H23NO/c1-10(13)8-9-12-11-6-4-2-3-5-7-11/h10-13H,2-9H2,1H3/t10-/m0/s1. The molecule has 0 radical (unpaired) electrons. The molecule has 0 aromatic rings. The van der Waals surface area contributed by atoms with Crippen LogP contribution < -0.4 is 5.32 Å². The van der Waals surface area contributed by atoms with Crippen LogP contribution in [0.4, 0.5) is 0 Å². The first-order chi connectivity index (χ1) is 6.29. The predicted octanol–water partition coefficient (Wildman–Crippen LogP) is 2.07. The van der Waals surface area contributed by atoms with Crippen LogP contribution in [0, 0.1) is 0 Å². The zero-order valence-corrected chi connectivity index (χ0v) is 8.76. The number of nitrogens with one attached hydrogen (secondary N) is 1. The molecule has 1 aliphatic rings. The number of hydrogen-bond acceptors (Lipinski definition) is 2. The van der Waals surface area contributed by atoms with Crippen molar-refractivity contribution in [2.75, 3.05) is 6.54 Å². The number of aliphatic hydroxyl groups is 1. The highest BCUT2D eigenvalue weighted by molar-refractivity contribution is 4.70. The highest BCUT2D eigenvalue weighted by atomic mass is 16.3. The quantitative estimate of drug-likeness (QED) is 0.657. The fourth-order valence-corrected chi connectivity index (χ4v) is 1.98. The SMILES string of the molecule is C[C@H](O)CCNC1CCCCCC1. The molecule has 2 nitrogen and oxygen atoms in total. The van der Waals surface area contributed by atoms with E-state index in [0.717, 1.165) is 19.0 Å². The molecule has 1 fully saturated rings. The van der Waals surface area contributed by atoms with E-state index in [4.69, 9.17) is 5.11 Å². The Bertz CT molecular complexity index is 117. The topological polar surface area (TPSA) is 32.3 Å². The lowest BCUT2D eigenvalue weighted by Gasteiger charge is -2.16. The molecule has 1 aliphatic carbocycles. The van der Waals surface area contributed by atoms with Gasteiger partial charge >= 0.3 is 0 Å². The van der Waals surface area contributed by atoms with Gasteiger partial charge in [0.15, 0.2) is 0 Å². The van der Waals surface area contributed by atoms with Crippen LogP contribution in [0.15, 0.2) is 0 Å². The highest BCUT2D eigenvalue weighted by Gasteiger charge is 2.10. The molecule has 0 spiro atoms. The second kappa shape index (κ2) is 6.39. The summed E-state index contributed by atoms with van der Waals surface area (Å²) in [4.78, 5) is 0. The fraction of sp³-hybridized carbons (Fsp3) is 1.00. The molecule has 1 atom stereocenters. The van der Waals surface area contributed by atoms with Crippen LogP contribution in [0.5, 0.6) is 0 Å². The minimum atomic E-state index is -0.154. The summed E-state index contributed by atoms with van der Waals surface area (Å²) in [7, 11) is 0. The van der Waals surface area contributed by atoms with Gasteiger partial charge in [0, 0.05) is 6.04 Å². The van der Waals surface area contributed by atoms with Gasteiger partial charge in [0.25, 0.3) is 0 Å². The zero-order chi connectivity index (χ0) is 9.52. The number of hydrogen-bond donors (Lipinski definition) is 2. The van der Waals surface area contributed by atoms with Crippen molar-refractivity contribution in [2.45, 2.75) is 64.0 Å². The van der Waals surface area contributed by atoms with E-state index >= 15 is 0 Å². The highest BCUT2D eigenvalue weighted by Crippen LogP contribution is 2.16. The second-order valence-corrected chi connectivity index (χ2v) is 4.28. The van der Waals surface area contributed by atoms with Gasteiger partial charge in [-0.15, -0.1) is 0 Å². The van der Waals surface area contributed by atoms with Crippen LogP contribution in [-0.4, -0.2) is 23.8 Å². The van der Waals surface area contributed by atoms with Crippen molar-refractivity contribution in [2.24, 2.45) is 0 Å². The summed E-state index contributed by atoms with van der Waals surface area (Å²) in [5.41, 5.74) is 0. The van der Waals surface area contributed by atoms with Gasteiger partial charge in [0.05, 0.1) is 6.10 Å². The molecule has 78 valence electrons. The summed E-state index contributed by atoms with van der Waals surface area (Å²) < 4.78 is 0. The summed E-state index contributed by atoms with van der Waals surface area (Å²) in [5, 5.41) is 12.6. The molecular formula is C11H23NO. The molecule has 0 aromatic carbocycles. The van der Waals surface area contributed by atoms with Gasteiger partial charge in [-0.2, -0.15) is 0 Å². The predicted molar refractivity (Wildman–Crippen MR) is 55.8 cm³/mol. The van der Waals surface area contributed by atoms with E-state index in [9.17, 15) is 0 Å². The Kier molecular flexibility index (Phi) is 5.40. The van der Waals surface area contributed by atoms with Gasteiger partial charge in [-0.05, 0) is 32.7 Å². The lowest BCUT2D eigenvalue weighted by Crippen LogP contribution is -2.30. The number of rotatable bonds is 4. The Morgan fingerprint density at radius 3 is 2.38 bits per heavy atom. The summed E-state index contributed by atoms with van der Waals surface area (Å²) >= 11 is 0. The van der Waals surface area contributed by atoms with Crippen LogP contribution in [-0.2, 0) is 0 Å². The van der Waals surface area contributed by atoms with Gasteiger partial charge < -0.3 is 10.4 Å². The van der Waals surface area contributed by atoms with Crippen molar-refractivity contribution in [1.82, 2.24) is 5.32 Å². The second-order valence-electron chi connectivity index (χ2n) is 4.28. The third kappa shape index (κ3) is 5.27. The van der Waals surface area contributed by atoms with E-state index in [1.807, 2.05) is 6.92 Å². The summed E-state index contributed by atoms with van der Waals surface area (Å²) in [5.74, 6) is 0. The van der Waals surface area contributed by atoms with Crippen molar-refractivity contribution in [3.05, 3.63) is 0 Å². The molecule has 0 aliphatic heterocycles. The molecule has 13 heavy (non-hydrogen) atoms. The van der Waals surface area contributed by atoms with E-state index in [2.05, 4.69) is 5.32 Å². The minimum absolute atomic E-state index is 0.154. The normalized spacial score (nSPS) is 22.6. The van der Waals surface area contributed by atoms with Gasteiger partial charge in [-0.1, -0.05) is 25.7 Å². The summed E-state index contributed by atoms with van der Waals surface area (Å²) in [6.07, 6.45) is 8.98. The molecule has 2 N–H and O–H groups in total. The maximum Gasteiger partial charge on any atom is 0.0524 e. The molecule has 0 aromatic heterocycles.